The first kappa shape index (κ1) is 13.4. The minimum absolute atomic E-state index is 0.0710. The number of benzene rings is 1. The van der Waals surface area contributed by atoms with E-state index in [-0.39, 0.29) is 12.0 Å². The lowest BCUT2D eigenvalue weighted by molar-refractivity contribution is -0.131. The van der Waals surface area contributed by atoms with Gasteiger partial charge in [-0.25, -0.2) is 0 Å². The maximum atomic E-state index is 12.2. The van der Waals surface area contributed by atoms with Crippen molar-refractivity contribution in [1.29, 1.82) is 0 Å². The largest absolute Gasteiger partial charge is 0.376 e. The topological polar surface area (TPSA) is 29.5 Å². The highest BCUT2D eigenvalue weighted by Crippen LogP contribution is 2.23. The standard InChI is InChI=1S/C14H18ClNO2/c1-16(10-12-8-5-9-18-12)14(17)13(15)11-6-3-2-4-7-11/h2-4,6-7,12-13H,5,8-10H2,1H3. The average Bonchev–Trinajstić information content (AvgIpc) is 2.91. The van der Waals surface area contributed by atoms with E-state index in [0.717, 1.165) is 25.0 Å². The Kier molecular flexibility index (Phi) is 4.61. The van der Waals surface area contributed by atoms with Gasteiger partial charge in [0.05, 0.1) is 6.10 Å². The van der Waals surface area contributed by atoms with Crippen LogP contribution in [0, 0.1) is 0 Å². The number of amides is 1. The molecular weight excluding hydrogens is 250 g/mol. The molecule has 0 N–H and O–H groups in total. The zero-order valence-electron chi connectivity index (χ0n) is 10.5. The number of hydrogen-bond donors (Lipinski definition) is 0. The summed E-state index contributed by atoms with van der Waals surface area (Å²) >= 11 is 6.20. The molecule has 3 nitrogen and oxygen atoms in total. The lowest BCUT2D eigenvalue weighted by Gasteiger charge is -2.23. The van der Waals surface area contributed by atoms with Crippen LogP contribution < -0.4 is 0 Å². The van der Waals surface area contributed by atoms with E-state index in [1.807, 2.05) is 30.3 Å². The van der Waals surface area contributed by atoms with E-state index >= 15 is 0 Å². The van der Waals surface area contributed by atoms with Gasteiger partial charge in [0.15, 0.2) is 0 Å². The van der Waals surface area contributed by atoms with Crippen LogP contribution in [0.15, 0.2) is 30.3 Å². The Hall–Kier alpha value is -1.06. The maximum Gasteiger partial charge on any atom is 0.245 e. The van der Waals surface area contributed by atoms with Crippen LogP contribution in [0.3, 0.4) is 0 Å². The molecule has 1 fully saturated rings. The monoisotopic (exact) mass is 267 g/mol. The van der Waals surface area contributed by atoms with Gasteiger partial charge < -0.3 is 9.64 Å². The van der Waals surface area contributed by atoms with Crippen molar-refractivity contribution in [1.82, 2.24) is 4.90 Å². The van der Waals surface area contributed by atoms with E-state index < -0.39 is 5.38 Å². The van der Waals surface area contributed by atoms with Gasteiger partial charge in [0.2, 0.25) is 5.91 Å². The molecule has 0 spiro atoms. The normalized spacial score (nSPS) is 20.7. The second-order valence-electron chi connectivity index (χ2n) is 4.63. The Morgan fingerprint density at radius 1 is 1.50 bits per heavy atom. The number of alkyl halides is 1. The summed E-state index contributed by atoms with van der Waals surface area (Å²) in [6.45, 7) is 1.42. The number of rotatable bonds is 4. The maximum absolute atomic E-state index is 12.2. The van der Waals surface area contributed by atoms with Crippen LogP contribution in [-0.4, -0.2) is 37.1 Å². The lowest BCUT2D eigenvalue weighted by Crippen LogP contribution is -2.36. The molecule has 2 rings (SSSR count). The molecule has 18 heavy (non-hydrogen) atoms. The highest BCUT2D eigenvalue weighted by molar-refractivity contribution is 6.30. The Balaban J connectivity index is 1.93. The summed E-state index contributed by atoms with van der Waals surface area (Å²) in [5, 5.41) is -0.613. The third-order valence-corrected chi connectivity index (χ3v) is 3.63. The predicted octanol–water partition coefficient (Wildman–Crippen LogP) is 2.60. The first-order valence-electron chi connectivity index (χ1n) is 6.24. The second kappa shape index (κ2) is 6.21. The Labute approximate surface area is 113 Å². The van der Waals surface area contributed by atoms with E-state index in [1.165, 1.54) is 0 Å². The molecule has 0 saturated carbocycles. The summed E-state index contributed by atoms with van der Waals surface area (Å²) < 4.78 is 5.52. The summed E-state index contributed by atoms with van der Waals surface area (Å²) in [5.41, 5.74) is 0.836. The lowest BCUT2D eigenvalue weighted by atomic mass is 10.1. The third-order valence-electron chi connectivity index (χ3n) is 3.19. The summed E-state index contributed by atoms with van der Waals surface area (Å²) in [5.74, 6) is -0.0710. The van der Waals surface area contributed by atoms with Gasteiger partial charge in [-0.15, -0.1) is 11.6 Å². The minimum atomic E-state index is -0.613. The van der Waals surface area contributed by atoms with Gasteiger partial charge in [-0.2, -0.15) is 0 Å². The van der Waals surface area contributed by atoms with Gasteiger partial charge in [-0.05, 0) is 18.4 Å². The number of halogens is 1. The smallest absolute Gasteiger partial charge is 0.245 e. The molecule has 1 aromatic carbocycles. The van der Waals surface area contributed by atoms with Crippen LogP contribution >= 0.6 is 11.6 Å². The molecule has 0 bridgehead atoms. The molecule has 4 heteroatoms. The quantitative estimate of drug-likeness (QED) is 0.785. The van der Waals surface area contributed by atoms with Crippen LogP contribution in [0.1, 0.15) is 23.8 Å². The Morgan fingerprint density at radius 3 is 2.83 bits per heavy atom. The average molecular weight is 268 g/mol. The van der Waals surface area contributed by atoms with Crippen molar-refractivity contribution >= 4 is 17.5 Å². The van der Waals surface area contributed by atoms with Crippen molar-refractivity contribution in [3.63, 3.8) is 0 Å². The van der Waals surface area contributed by atoms with Gasteiger partial charge >= 0.3 is 0 Å². The van der Waals surface area contributed by atoms with Crippen molar-refractivity contribution in [3.8, 4) is 0 Å². The molecule has 2 atom stereocenters. The fraction of sp³-hybridized carbons (Fsp3) is 0.500. The van der Waals surface area contributed by atoms with Gasteiger partial charge in [0.1, 0.15) is 5.38 Å². The fourth-order valence-electron chi connectivity index (χ4n) is 2.14. The van der Waals surface area contributed by atoms with Crippen LogP contribution in [0.4, 0.5) is 0 Å². The number of likely N-dealkylation sites (N-methyl/N-ethyl adjacent to an activating group) is 1. The summed E-state index contributed by atoms with van der Waals surface area (Å²) in [7, 11) is 1.78. The molecule has 2 unspecified atom stereocenters. The number of ether oxygens (including phenoxy) is 1. The molecule has 0 aliphatic carbocycles. The number of nitrogens with zero attached hydrogens (tertiary/aromatic N) is 1. The summed E-state index contributed by atoms with van der Waals surface area (Å²) in [4.78, 5) is 13.8. The van der Waals surface area contributed by atoms with Crippen molar-refractivity contribution < 1.29 is 9.53 Å². The van der Waals surface area contributed by atoms with E-state index in [4.69, 9.17) is 16.3 Å². The molecule has 0 aromatic heterocycles. The Bertz CT molecular complexity index is 390. The van der Waals surface area contributed by atoms with Gasteiger partial charge in [0.25, 0.3) is 0 Å². The van der Waals surface area contributed by atoms with E-state index in [0.29, 0.717) is 6.54 Å². The fourth-order valence-corrected chi connectivity index (χ4v) is 2.45. The van der Waals surface area contributed by atoms with Crippen LogP contribution in [0.2, 0.25) is 0 Å². The first-order chi connectivity index (χ1) is 8.68. The van der Waals surface area contributed by atoms with E-state index in [9.17, 15) is 4.79 Å². The molecule has 1 amide bonds. The van der Waals surface area contributed by atoms with Crippen LogP contribution in [-0.2, 0) is 9.53 Å². The Morgan fingerprint density at radius 2 is 2.22 bits per heavy atom. The first-order valence-corrected chi connectivity index (χ1v) is 6.67. The van der Waals surface area contributed by atoms with Gasteiger partial charge in [0, 0.05) is 20.2 Å². The van der Waals surface area contributed by atoms with Crippen LogP contribution in [0.5, 0.6) is 0 Å². The molecule has 1 aliphatic rings. The molecule has 1 aliphatic heterocycles. The van der Waals surface area contributed by atoms with Gasteiger partial charge in [-0.3, -0.25) is 4.79 Å². The van der Waals surface area contributed by atoms with Crippen LogP contribution in [0.25, 0.3) is 0 Å². The van der Waals surface area contributed by atoms with E-state index in [2.05, 4.69) is 0 Å². The molecule has 98 valence electrons. The minimum Gasteiger partial charge on any atom is -0.376 e. The second-order valence-corrected chi connectivity index (χ2v) is 5.06. The number of carbonyl (C=O) groups is 1. The molecular formula is C14H18ClNO2. The molecule has 0 radical (unpaired) electrons. The number of carbonyl (C=O) groups excluding carboxylic acids is 1. The zero-order valence-corrected chi connectivity index (χ0v) is 11.3. The highest BCUT2D eigenvalue weighted by Gasteiger charge is 2.25. The SMILES string of the molecule is CN(CC1CCCO1)C(=O)C(Cl)c1ccccc1. The van der Waals surface area contributed by atoms with Crippen molar-refractivity contribution in [3.05, 3.63) is 35.9 Å². The van der Waals surface area contributed by atoms with Crippen molar-refractivity contribution in [2.75, 3.05) is 20.2 Å². The summed E-state index contributed by atoms with van der Waals surface area (Å²) in [6.07, 6.45) is 2.27. The molecule has 1 heterocycles. The molecule has 1 saturated heterocycles. The predicted molar refractivity (Wildman–Crippen MR) is 71.6 cm³/mol. The van der Waals surface area contributed by atoms with E-state index in [1.54, 1.807) is 11.9 Å². The van der Waals surface area contributed by atoms with Crippen molar-refractivity contribution in [2.45, 2.75) is 24.3 Å². The zero-order chi connectivity index (χ0) is 13.0. The highest BCUT2D eigenvalue weighted by atomic mass is 35.5. The van der Waals surface area contributed by atoms with Gasteiger partial charge in [-0.1, -0.05) is 30.3 Å². The summed E-state index contributed by atoms with van der Waals surface area (Å²) in [6, 6.07) is 9.43. The number of hydrogen-bond acceptors (Lipinski definition) is 2. The molecule has 1 aromatic rings. The van der Waals surface area contributed by atoms with Crippen molar-refractivity contribution in [2.24, 2.45) is 0 Å². The third kappa shape index (κ3) is 3.24.